The van der Waals surface area contributed by atoms with Crippen molar-refractivity contribution < 1.29 is 13.5 Å². The number of aromatic nitrogens is 5. The highest BCUT2D eigenvalue weighted by Crippen LogP contribution is 2.29. The summed E-state index contributed by atoms with van der Waals surface area (Å²) in [6.45, 7) is -2.96. The minimum Gasteiger partial charge on any atom is -0.435 e. The molecule has 0 radical (unpaired) electrons. The van der Waals surface area contributed by atoms with E-state index >= 15 is 0 Å². The van der Waals surface area contributed by atoms with Crippen LogP contribution in [0.4, 0.5) is 13.9 Å². The number of aryl methyl sites for hydroxylation is 1. The van der Waals surface area contributed by atoms with Gasteiger partial charge in [0.05, 0.1) is 16.9 Å². The standard InChI is InChI=1S/C24H20F2N6O3S/c1-30-12-13-11-16(7-10-18(13)29-30)32-21(33)19-20(28-23(36-19)27-14-3-2-4-14)31(24(32)34)15-5-8-17(9-6-15)35-22(25)26/h5-12,14,22H,2-4H2,1H3,(H,27,28). The monoisotopic (exact) mass is 510 g/mol. The van der Waals surface area contributed by atoms with Crippen molar-refractivity contribution >= 4 is 37.7 Å². The Morgan fingerprint density at radius 1 is 1.08 bits per heavy atom. The highest BCUT2D eigenvalue weighted by Gasteiger charge is 2.23. The number of halogens is 2. The van der Waals surface area contributed by atoms with Gasteiger partial charge >= 0.3 is 12.3 Å². The summed E-state index contributed by atoms with van der Waals surface area (Å²) in [5.41, 5.74) is 0.585. The van der Waals surface area contributed by atoms with Gasteiger partial charge in [-0.1, -0.05) is 11.3 Å². The van der Waals surface area contributed by atoms with Crippen LogP contribution in [-0.2, 0) is 7.05 Å². The number of ether oxygens (including phenoxy) is 1. The van der Waals surface area contributed by atoms with Crippen molar-refractivity contribution in [3.8, 4) is 17.1 Å². The Labute approximate surface area is 206 Å². The van der Waals surface area contributed by atoms with Crippen LogP contribution in [0.15, 0.2) is 58.3 Å². The number of anilines is 1. The zero-order chi connectivity index (χ0) is 25.0. The third-order valence-corrected chi connectivity index (χ3v) is 7.18. The molecule has 3 heterocycles. The molecule has 0 unspecified atom stereocenters. The second kappa shape index (κ2) is 8.55. The average molecular weight is 511 g/mol. The fraction of sp³-hybridized carbons (Fsp3) is 0.250. The number of fused-ring (bicyclic) bond motifs is 2. The van der Waals surface area contributed by atoms with Gasteiger partial charge in [0, 0.05) is 24.7 Å². The number of benzene rings is 2. The molecule has 1 aliphatic carbocycles. The largest absolute Gasteiger partial charge is 0.435 e. The smallest absolute Gasteiger partial charge is 0.387 e. The van der Waals surface area contributed by atoms with Crippen LogP contribution in [0.25, 0.3) is 32.6 Å². The van der Waals surface area contributed by atoms with E-state index in [0.717, 1.165) is 34.7 Å². The van der Waals surface area contributed by atoms with E-state index in [1.165, 1.54) is 40.2 Å². The predicted octanol–water partition coefficient (Wildman–Crippen LogP) is 4.05. The van der Waals surface area contributed by atoms with E-state index in [1.54, 1.807) is 36.1 Å². The third kappa shape index (κ3) is 3.83. The number of thiazole rings is 1. The summed E-state index contributed by atoms with van der Waals surface area (Å²) in [5.74, 6) is -0.0426. The summed E-state index contributed by atoms with van der Waals surface area (Å²) in [4.78, 5) is 32.0. The summed E-state index contributed by atoms with van der Waals surface area (Å²) in [7, 11) is 1.79. The Balaban J connectivity index is 1.57. The fourth-order valence-electron chi connectivity index (χ4n) is 4.28. The first-order chi connectivity index (χ1) is 17.4. The van der Waals surface area contributed by atoms with Crippen LogP contribution in [0, 0.1) is 0 Å². The lowest BCUT2D eigenvalue weighted by molar-refractivity contribution is -0.0498. The molecule has 1 saturated carbocycles. The number of nitrogens with one attached hydrogen (secondary N) is 1. The molecule has 0 atom stereocenters. The van der Waals surface area contributed by atoms with Crippen molar-refractivity contribution in [2.75, 3.05) is 5.32 Å². The maximum atomic E-state index is 13.8. The topological polar surface area (TPSA) is 96.0 Å². The lowest BCUT2D eigenvalue weighted by Gasteiger charge is -2.25. The molecule has 1 fully saturated rings. The SMILES string of the molecule is Cn1cc2cc(-n3c(=O)c4sc(NC5CCC5)nc4n(-c4ccc(OC(F)F)cc4)c3=O)ccc2n1. The number of hydrogen-bond donors (Lipinski definition) is 1. The minimum atomic E-state index is -2.96. The Hall–Kier alpha value is -4.06. The summed E-state index contributed by atoms with van der Waals surface area (Å²) in [6.07, 6.45) is 4.97. The van der Waals surface area contributed by atoms with Gasteiger partial charge in [0.2, 0.25) is 0 Å². The van der Waals surface area contributed by atoms with E-state index in [4.69, 9.17) is 0 Å². The van der Waals surface area contributed by atoms with Gasteiger partial charge in [0.1, 0.15) is 10.4 Å². The van der Waals surface area contributed by atoms with E-state index < -0.39 is 17.9 Å². The van der Waals surface area contributed by atoms with Crippen LogP contribution in [0.2, 0.25) is 0 Å². The minimum absolute atomic E-state index is 0.0426. The van der Waals surface area contributed by atoms with Gasteiger partial charge in [-0.05, 0) is 61.7 Å². The molecule has 6 rings (SSSR count). The molecule has 0 bridgehead atoms. The highest BCUT2D eigenvalue weighted by atomic mass is 32.1. The first-order valence-corrected chi connectivity index (χ1v) is 12.1. The van der Waals surface area contributed by atoms with Gasteiger partial charge in [-0.25, -0.2) is 18.9 Å². The third-order valence-electron chi connectivity index (χ3n) is 6.21. The average Bonchev–Trinajstić information content (AvgIpc) is 3.39. The highest BCUT2D eigenvalue weighted by molar-refractivity contribution is 7.22. The molecule has 9 nitrogen and oxygen atoms in total. The summed E-state index contributed by atoms with van der Waals surface area (Å²) < 4.78 is 34.0. The predicted molar refractivity (Wildman–Crippen MR) is 133 cm³/mol. The Bertz CT molecular complexity index is 1720. The molecule has 0 amide bonds. The van der Waals surface area contributed by atoms with E-state index in [1.807, 2.05) is 0 Å². The maximum Gasteiger partial charge on any atom is 0.387 e. The second-order valence-corrected chi connectivity index (χ2v) is 9.62. The van der Waals surface area contributed by atoms with Gasteiger partial charge in [-0.3, -0.25) is 9.48 Å². The van der Waals surface area contributed by atoms with Crippen LogP contribution >= 0.6 is 11.3 Å². The van der Waals surface area contributed by atoms with Crippen molar-refractivity contribution in [1.82, 2.24) is 23.9 Å². The molecular weight excluding hydrogens is 490 g/mol. The number of nitrogens with zero attached hydrogens (tertiary/aromatic N) is 5. The molecule has 36 heavy (non-hydrogen) atoms. The molecule has 1 N–H and O–H groups in total. The number of rotatable bonds is 6. The summed E-state index contributed by atoms with van der Waals surface area (Å²) in [5, 5.41) is 9.01. The van der Waals surface area contributed by atoms with Gasteiger partial charge < -0.3 is 10.1 Å². The van der Waals surface area contributed by atoms with Crippen LogP contribution in [0.3, 0.4) is 0 Å². The zero-order valence-electron chi connectivity index (χ0n) is 19.0. The molecule has 12 heteroatoms. The van der Waals surface area contributed by atoms with Crippen LogP contribution in [-0.4, -0.2) is 36.6 Å². The lowest BCUT2D eigenvalue weighted by atomic mass is 9.93. The van der Waals surface area contributed by atoms with Gasteiger partial charge in [-0.15, -0.1) is 0 Å². The van der Waals surface area contributed by atoms with Crippen molar-refractivity contribution in [2.45, 2.75) is 31.9 Å². The Morgan fingerprint density at radius 3 is 2.53 bits per heavy atom. The normalized spacial score (nSPS) is 14.0. The molecule has 1 aliphatic rings. The summed E-state index contributed by atoms with van der Waals surface area (Å²) >= 11 is 1.19. The first-order valence-electron chi connectivity index (χ1n) is 11.3. The number of hydrogen-bond acceptors (Lipinski definition) is 7. The molecule has 184 valence electrons. The lowest BCUT2D eigenvalue weighted by Crippen LogP contribution is -2.38. The fourth-order valence-corrected chi connectivity index (χ4v) is 5.24. The van der Waals surface area contributed by atoms with E-state index in [0.29, 0.717) is 21.2 Å². The quantitative estimate of drug-likeness (QED) is 0.370. The Morgan fingerprint density at radius 2 is 1.83 bits per heavy atom. The van der Waals surface area contributed by atoms with Gasteiger partial charge in [-0.2, -0.15) is 13.9 Å². The molecule has 5 aromatic rings. The van der Waals surface area contributed by atoms with Crippen LogP contribution < -0.4 is 21.3 Å². The first kappa shape index (κ1) is 22.4. The maximum absolute atomic E-state index is 13.8. The summed E-state index contributed by atoms with van der Waals surface area (Å²) in [6, 6.07) is 11.1. The molecule has 2 aromatic carbocycles. The van der Waals surface area contributed by atoms with Crippen molar-refractivity contribution in [2.24, 2.45) is 7.05 Å². The van der Waals surface area contributed by atoms with Crippen LogP contribution in [0.5, 0.6) is 5.75 Å². The van der Waals surface area contributed by atoms with Crippen LogP contribution in [0.1, 0.15) is 19.3 Å². The molecule has 0 saturated heterocycles. The second-order valence-electron chi connectivity index (χ2n) is 8.62. The molecule has 3 aromatic heterocycles. The van der Waals surface area contributed by atoms with Gasteiger partial charge in [0.25, 0.3) is 5.56 Å². The number of alkyl halides is 2. The van der Waals surface area contributed by atoms with E-state index in [-0.39, 0.29) is 17.4 Å². The van der Waals surface area contributed by atoms with Crippen molar-refractivity contribution in [1.29, 1.82) is 0 Å². The van der Waals surface area contributed by atoms with Gasteiger partial charge in [0.15, 0.2) is 10.8 Å². The van der Waals surface area contributed by atoms with E-state index in [2.05, 4.69) is 20.1 Å². The molecular formula is C24H20F2N6O3S. The van der Waals surface area contributed by atoms with Crippen molar-refractivity contribution in [3.05, 3.63) is 69.5 Å². The molecule has 0 aliphatic heterocycles. The van der Waals surface area contributed by atoms with Crippen molar-refractivity contribution in [3.63, 3.8) is 0 Å². The van der Waals surface area contributed by atoms with E-state index in [9.17, 15) is 18.4 Å². The Kier molecular flexibility index (Phi) is 5.32. The molecule has 0 spiro atoms. The zero-order valence-corrected chi connectivity index (χ0v) is 19.8.